The summed E-state index contributed by atoms with van der Waals surface area (Å²) in [6, 6.07) is 11.9. The fourth-order valence-corrected chi connectivity index (χ4v) is 1.97. The Labute approximate surface area is 85.4 Å². The number of hydrogen-bond donors (Lipinski definition) is 0. The fourth-order valence-electron chi connectivity index (χ4n) is 1.40. The molecule has 1 aromatic heterocycles. The lowest BCUT2D eigenvalue weighted by Gasteiger charge is -2.00. The van der Waals surface area contributed by atoms with E-state index in [2.05, 4.69) is 4.98 Å². The van der Waals surface area contributed by atoms with Crippen molar-refractivity contribution in [3.63, 3.8) is 0 Å². The Morgan fingerprint density at radius 1 is 1.21 bits per heavy atom. The lowest BCUT2D eigenvalue weighted by atomic mass is 10.2. The minimum Gasteiger partial charge on any atom is -0.259 e. The molecule has 3 heteroatoms. The van der Waals surface area contributed by atoms with Gasteiger partial charge >= 0.3 is 0 Å². The Hall–Kier alpha value is -1.22. The molecule has 1 atom stereocenters. The maximum Gasteiger partial charge on any atom is 0.0705 e. The molecule has 0 amide bonds. The zero-order valence-electron chi connectivity index (χ0n) is 7.93. The van der Waals surface area contributed by atoms with Crippen molar-refractivity contribution in [3.05, 3.63) is 42.1 Å². The maximum atomic E-state index is 11.0. The molecule has 0 aliphatic heterocycles. The molecule has 2 rings (SSSR count). The van der Waals surface area contributed by atoms with E-state index >= 15 is 0 Å². The van der Waals surface area contributed by atoms with Crippen LogP contribution in [0.1, 0.15) is 5.69 Å². The van der Waals surface area contributed by atoms with Crippen molar-refractivity contribution >= 4 is 21.7 Å². The smallest absolute Gasteiger partial charge is 0.0705 e. The van der Waals surface area contributed by atoms with Crippen molar-refractivity contribution in [3.8, 4) is 0 Å². The van der Waals surface area contributed by atoms with Crippen LogP contribution in [-0.2, 0) is 16.6 Å². The van der Waals surface area contributed by atoms with Gasteiger partial charge in [0.2, 0.25) is 0 Å². The number of pyridine rings is 1. The standard InChI is InChI=1S/C11H11NOS/c1-14(13)8-10-7-6-9-4-2-3-5-11(9)12-10/h2-7H,8H2,1H3. The first-order valence-corrected chi connectivity index (χ1v) is 6.13. The second-order valence-electron chi connectivity index (χ2n) is 3.21. The summed E-state index contributed by atoms with van der Waals surface area (Å²) in [6.45, 7) is 0. The van der Waals surface area contributed by atoms with E-state index in [1.165, 1.54) is 0 Å². The van der Waals surface area contributed by atoms with Crippen molar-refractivity contribution in [2.75, 3.05) is 6.26 Å². The molecule has 0 bridgehead atoms. The molecule has 0 fully saturated rings. The molecule has 2 aromatic rings. The first-order valence-electron chi connectivity index (χ1n) is 4.40. The van der Waals surface area contributed by atoms with Crippen molar-refractivity contribution in [2.45, 2.75) is 5.75 Å². The van der Waals surface area contributed by atoms with Gasteiger partial charge in [-0.2, -0.15) is 0 Å². The molecule has 1 aromatic carbocycles. The molecule has 1 unspecified atom stereocenters. The van der Waals surface area contributed by atoms with E-state index in [0.717, 1.165) is 16.6 Å². The van der Waals surface area contributed by atoms with Crippen LogP contribution >= 0.6 is 0 Å². The lowest BCUT2D eigenvalue weighted by molar-refractivity contribution is 0.686. The van der Waals surface area contributed by atoms with Crippen LogP contribution in [0.4, 0.5) is 0 Å². The van der Waals surface area contributed by atoms with Crippen LogP contribution in [0, 0.1) is 0 Å². The minimum atomic E-state index is -0.822. The first-order chi connectivity index (χ1) is 6.75. The van der Waals surface area contributed by atoms with E-state index in [9.17, 15) is 4.21 Å². The van der Waals surface area contributed by atoms with Crippen molar-refractivity contribution in [2.24, 2.45) is 0 Å². The van der Waals surface area contributed by atoms with E-state index in [4.69, 9.17) is 0 Å². The SMILES string of the molecule is CS(=O)Cc1ccc2ccccc2n1. The van der Waals surface area contributed by atoms with Crippen LogP contribution in [0.3, 0.4) is 0 Å². The Morgan fingerprint density at radius 3 is 2.79 bits per heavy atom. The second-order valence-corrected chi connectivity index (χ2v) is 4.65. The van der Waals surface area contributed by atoms with Gasteiger partial charge in [-0.1, -0.05) is 24.3 Å². The highest BCUT2D eigenvalue weighted by Crippen LogP contribution is 2.12. The zero-order valence-corrected chi connectivity index (χ0v) is 8.75. The van der Waals surface area contributed by atoms with Gasteiger partial charge in [-0.15, -0.1) is 0 Å². The van der Waals surface area contributed by atoms with Crippen LogP contribution in [0.2, 0.25) is 0 Å². The van der Waals surface area contributed by atoms with Gasteiger partial charge in [-0.25, -0.2) is 0 Å². The summed E-state index contributed by atoms with van der Waals surface area (Å²) in [6.07, 6.45) is 1.69. The molecular weight excluding hydrogens is 194 g/mol. The van der Waals surface area contributed by atoms with Gasteiger partial charge in [0, 0.05) is 22.4 Å². The fraction of sp³-hybridized carbons (Fsp3) is 0.182. The Bertz CT molecular complexity index is 481. The van der Waals surface area contributed by atoms with Gasteiger partial charge in [-0.05, 0) is 12.1 Å². The molecule has 0 spiro atoms. The summed E-state index contributed by atoms with van der Waals surface area (Å²) < 4.78 is 11.0. The number of fused-ring (bicyclic) bond motifs is 1. The third-order valence-electron chi connectivity index (χ3n) is 2.01. The predicted octanol–water partition coefficient (Wildman–Crippen LogP) is 2.11. The third kappa shape index (κ3) is 1.99. The average molecular weight is 205 g/mol. The number of benzene rings is 1. The van der Waals surface area contributed by atoms with Crippen LogP contribution in [-0.4, -0.2) is 15.4 Å². The first kappa shape index (κ1) is 9.34. The Balaban J connectivity index is 2.46. The number of hydrogen-bond acceptors (Lipinski definition) is 2. The van der Waals surface area contributed by atoms with E-state index < -0.39 is 10.8 Å². The van der Waals surface area contributed by atoms with E-state index in [1.54, 1.807) is 6.26 Å². The van der Waals surface area contributed by atoms with Crippen LogP contribution in [0.5, 0.6) is 0 Å². The number of para-hydroxylation sites is 1. The van der Waals surface area contributed by atoms with Crippen molar-refractivity contribution in [1.29, 1.82) is 0 Å². The second kappa shape index (κ2) is 3.88. The molecule has 0 aliphatic carbocycles. The van der Waals surface area contributed by atoms with Crippen LogP contribution in [0.25, 0.3) is 10.9 Å². The molecule has 0 radical (unpaired) electrons. The molecule has 0 saturated carbocycles. The van der Waals surface area contributed by atoms with Gasteiger partial charge < -0.3 is 0 Å². The molecule has 72 valence electrons. The summed E-state index contributed by atoms with van der Waals surface area (Å²) >= 11 is 0. The van der Waals surface area contributed by atoms with Crippen LogP contribution in [0.15, 0.2) is 36.4 Å². The third-order valence-corrected chi connectivity index (χ3v) is 2.71. The topological polar surface area (TPSA) is 30.0 Å². The van der Waals surface area contributed by atoms with Crippen LogP contribution < -0.4 is 0 Å². The average Bonchev–Trinajstić information content (AvgIpc) is 2.17. The van der Waals surface area contributed by atoms with E-state index in [1.807, 2.05) is 36.4 Å². The highest BCUT2D eigenvalue weighted by Gasteiger charge is 1.99. The summed E-state index contributed by atoms with van der Waals surface area (Å²) in [7, 11) is -0.822. The molecule has 2 nitrogen and oxygen atoms in total. The molecule has 0 aliphatic rings. The van der Waals surface area contributed by atoms with E-state index in [-0.39, 0.29) is 0 Å². The molecule has 14 heavy (non-hydrogen) atoms. The molecule has 0 N–H and O–H groups in total. The summed E-state index contributed by atoms with van der Waals surface area (Å²) in [5, 5.41) is 1.12. The zero-order chi connectivity index (χ0) is 9.97. The Morgan fingerprint density at radius 2 is 2.00 bits per heavy atom. The maximum absolute atomic E-state index is 11.0. The van der Waals surface area contributed by atoms with Gasteiger partial charge in [0.15, 0.2) is 0 Å². The number of nitrogens with zero attached hydrogens (tertiary/aromatic N) is 1. The van der Waals surface area contributed by atoms with Gasteiger partial charge in [0.25, 0.3) is 0 Å². The highest BCUT2D eigenvalue weighted by molar-refractivity contribution is 7.83. The van der Waals surface area contributed by atoms with Crippen molar-refractivity contribution < 1.29 is 4.21 Å². The minimum absolute atomic E-state index is 0.533. The quantitative estimate of drug-likeness (QED) is 0.751. The highest BCUT2D eigenvalue weighted by atomic mass is 32.2. The van der Waals surface area contributed by atoms with Gasteiger partial charge in [0.05, 0.1) is 17.0 Å². The summed E-state index contributed by atoms with van der Waals surface area (Å²) in [5.41, 5.74) is 1.86. The van der Waals surface area contributed by atoms with Gasteiger partial charge in [-0.3, -0.25) is 9.19 Å². The normalized spacial score (nSPS) is 12.9. The van der Waals surface area contributed by atoms with Crippen molar-refractivity contribution in [1.82, 2.24) is 4.98 Å². The molecule has 0 saturated heterocycles. The summed E-state index contributed by atoms with van der Waals surface area (Å²) in [4.78, 5) is 4.42. The largest absolute Gasteiger partial charge is 0.259 e. The molecular formula is C11H11NOS. The monoisotopic (exact) mass is 205 g/mol. The summed E-state index contributed by atoms with van der Waals surface area (Å²) in [5.74, 6) is 0.533. The Kier molecular flexibility index (Phi) is 2.59. The predicted molar refractivity (Wildman–Crippen MR) is 59.5 cm³/mol. The molecule has 1 heterocycles. The number of aromatic nitrogens is 1. The number of rotatable bonds is 2. The van der Waals surface area contributed by atoms with Gasteiger partial charge in [0.1, 0.15) is 0 Å². The van der Waals surface area contributed by atoms with E-state index in [0.29, 0.717) is 5.75 Å². The lowest BCUT2D eigenvalue weighted by Crippen LogP contribution is -1.95.